The molecule has 1 atom stereocenters. The Morgan fingerprint density at radius 2 is 2.36 bits per heavy atom. The van der Waals surface area contributed by atoms with E-state index in [1.807, 2.05) is 0 Å². The molecule has 0 radical (unpaired) electrons. The molecule has 0 saturated carbocycles. The first-order valence-electron chi connectivity index (χ1n) is 3.38. The van der Waals surface area contributed by atoms with Gasteiger partial charge in [-0.15, -0.1) is 11.6 Å². The highest BCUT2D eigenvalue weighted by Gasteiger charge is 2.27. The number of quaternary nitrogens is 1. The molecule has 0 fully saturated rings. The molecule has 1 aliphatic carbocycles. The highest BCUT2D eigenvalue weighted by Crippen LogP contribution is 2.29. The third-order valence-corrected chi connectivity index (χ3v) is 2.16. The van der Waals surface area contributed by atoms with E-state index in [4.69, 9.17) is 17.3 Å². The highest BCUT2D eigenvalue weighted by atomic mass is 35.5. The van der Waals surface area contributed by atoms with Crippen LogP contribution >= 0.6 is 11.6 Å². The maximum Gasteiger partial charge on any atom is 0.131 e. The van der Waals surface area contributed by atoms with Crippen LogP contribution in [0.3, 0.4) is 0 Å². The summed E-state index contributed by atoms with van der Waals surface area (Å²) in [7, 11) is 0. The lowest BCUT2D eigenvalue weighted by molar-refractivity contribution is -0.296. The van der Waals surface area contributed by atoms with Crippen molar-refractivity contribution in [1.29, 1.82) is 0 Å². The highest BCUT2D eigenvalue weighted by molar-refractivity contribution is 6.18. The Kier molecular flexibility index (Phi) is 2.65. The quantitative estimate of drug-likeness (QED) is 0.581. The molecule has 1 rings (SSSR count). The van der Waals surface area contributed by atoms with Gasteiger partial charge in [-0.05, 0) is 0 Å². The van der Waals surface area contributed by atoms with Crippen LogP contribution < -0.4 is 11.5 Å². The maximum absolute atomic E-state index is 12.9. The molecule has 2 nitrogen and oxygen atoms in total. The summed E-state index contributed by atoms with van der Waals surface area (Å²) in [5.74, 6) is -0.298. The summed E-state index contributed by atoms with van der Waals surface area (Å²) >= 11 is 5.54. The summed E-state index contributed by atoms with van der Waals surface area (Å²) in [6.07, 6.45) is 1.40. The van der Waals surface area contributed by atoms with E-state index in [0.717, 1.165) is 5.57 Å². The average Bonchev–Trinajstić information content (AvgIpc) is 2.24. The van der Waals surface area contributed by atoms with E-state index in [9.17, 15) is 4.39 Å². The summed E-state index contributed by atoms with van der Waals surface area (Å²) in [6, 6.07) is 0. The lowest BCUT2D eigenvalue weighted by atomic mass is 10.0. The molecule has 0 heterocycles. The van der Waals surface area contributed by atoms with Crippen LogP contribution in [0.15, 0.2) is 23.2 Å². The van der Waals surface area contributed by atoms with Gasteiger partial charge in [0.1, 0.15) is 11.5 Å². The zero-order chi connectivity index (χ0) is 8.43. The summed E-state index contributed by atoms with van der Waals surface area (Å²) in [4.78, 5) is 0. The normalized spacial score (nSPS) is 24.4. The summed E-state index contributed by atoms with van der Waals surface area (Å²) in [6.45, 7) is 0.333. The van der Waals surface area contributed by atoms with Crippen LogP contribution in [0.2, 0.25) is 0 Å². The molecular formula is C7H11ClFN2+. The maximum atomic E-state index is 12.9. The molecule has 0 aromatic rings. The Bertz CT molecular complexity index is 222. The molecule has 0 amide bonds. The Morgan fingerprint density at radius 3 is 2.73 bits per heavy atom. The molecule has 62 valence electrons. The number of rotatable bonds is 2. The van der Waals surface area contributed by atoms with Crippen LogP contribution in [0.5, 0.6) is 0 Å². The van der Waals surface area contributed by atoms with Crippen molar-refractivity contribution >= 4 is 11.6 Å². The van der Waals surface area contributed by atoms with Gasteiger partial charge < -0.3 is 11.5 Å². The molecular weight excluding hydrogens is 167 g/mol. The van der Waals surface area contributed by atoms with Crippen molar-refractivity contribution in [2.45, 2.75) is 0 Å². The molecule has 0 aromatic heterocycles. The summed E-state index contributed by atoms with van der Waals surface area (Å²) < 4.78 is 12.9. The minimum absolute atomic E-state index is 0.217. The van der Waals surface area contributed by atoms with Gasteiger partial charge in [-0.25, -0.2) is 4.39 Å². The van der Waals surface area contributed by atoms with Gasteiger partial charge >= 0.3 is 0 Å². The second-order valence-corrected chi connectivity index (χ2v) is 2.80. The van der Waals surface area contributed by atoms with E-state index < -0.39 is 0 Å². The molecule has 0 spiro atoms. The fourth-order valence-corrected chi connectivity index (χ4v) is 1.52. The van der Waals surface area contributed by atoms with E-state index in [0.29, 0.717) is 12.2 Å². The van der Waals surface area contributed by atoms with Crippen LogP contribution in [-0.2, 0) is 0 Å². The van der Waals surface area contributed by atoms with Crippen LogP contribution in [0.4, 0.5) is 4.39 Å². The smallest absolute Gasteiger partial charge is 0.131 e. The van der Waals surface area contributed by atoms with Gasteiger partial charge in [0.2, 0.25) is 0 Å². The van der Waals surface area contributed by atoms with Gasteiger partial charge in [-0.2, -0.15) is 0 Å². The Hall–Kier alpha value is -0.380. The standard InChI is InChI=1S/C7H10ClFN2/c8-2-4-5(3-10)7(11)1-6(4)9/h1,4H,2-3,10-11H2/p+1. The molecule has 0 aliphatic heterocycles. The molecule has 0 saturated heterocycles. The van der Waals surface area contributed by atoms with Gasteiger partial charge in [0.15, 0.2) is 0 Å². The monoisotopic (exact) mass is 177 g/mol. The minimum Gasteiger partial charge on any atom is -0.327 e. The summed E-state index contributed by atoms with van der Waals surface area (Å²) in [5.41, 5.74) is 10.6. The minimum atomic E-state index is -0.325. The van der Waals surface area contributed by atoms with Crippen LogP contribution in [0.1, 0.15) is 0 Å². The lowest BCUT2D eigenvalue weighted by Gasteiger charge is -2.07. The van der Waals surface area contributed by atoms with E-state index in [2.05, 4.69) is 5.73 Å². The predicted octanol–water partition coefficient (Wildman–Crippen LogP) is 0.163. The molecule has 1 aliphatic rings. The summed E-state index contributed by atoms with van der Waals surface area (Å²) in [5, 5.41) is 0. The van der Waals surface area contributed by atoms with Gasteiger partial charge in [0.25, 0.3) is 0 Å². The number of halogens is 2. The zero-order valence-corrected chi connectivity index (χ0v) is 6.87. The van der Waals surface area contributed by atoms with E-state index in [1.165, 1.54) is 6.08 Å². The Morgan fingerprint density at radius 1 is 1.73 bits per heavy atom. The molecule has 5 N–H and O–H groups in total. The van der Waals surface area contributed by atoms with Crippen molar-refractivity contribution in [2.24, 2.45) is 11.7 Å². The lowest BCUT2D eigenvalue weighted by Crippen LogP contribution is -2.47. The van der Waals surface area contributed by atoms with Crippen molar-refractivity contribution in [3.05, 3.63) is 23.2 Å². The SMILES string of the molecule is NCC1=C([NH3+])C=C(F)C1CCl. The van der Waals surface area contributed by atoms with Crippen LogP contribution in [-0.4, -0.2) is 12.4 Å². The van der Waals surface area contributed by atoms with Gasteiger partial charge in [0.05, 0.1) is 5.92 Å². The zero-order valence-electron chi connectivity index (χ0n) is 6.11. The fraction of sp³-hybridized carbons (Fsp3) is 0.429. The third-order valence-electron chi connectivity index (χ3n) is 1.85. The molecule has 4 heteroatoms. The number of nitrogens with two attached hydrogens (primary N) is 1. The van der Waals surface area contributed by atoms with Gasteiger partial charge in [-0.3, -0.25) is 0 Å². The van der Waals surface area contributed by atoms with Crippen molar-refractivity contribution in [2.75, 3.05) is 12.4 Å². The number of hydrogen-bond acceptors (Lipinski definition) is 1. The first kappa shape index (κ1) is 8.71. The fourth-order valence-electron chi connectivity index (χ4n) is 1.19. The second-order valence-electron chi connectivity index (χ2n) is 2.49. The number of allylic oxidation sites excluding steroid dienone is 2. The Balaban J connectivity index is 2.86. The molecule has 11 heavy (non-hydrogen) atoms. The van der Waals surface area contributed by atoms with Crippen molar-refractivity contribution in [1.82, 2.24) is 0 Å². The molecule has 0 bridgehead atoms. The van der Waals surface area contributed by atoms with E-state index >= 15 is 0 Å². The first-order chi connectivity index (χ1) is 5.20. The van der Waals surface area contributed by atoms with E-state index in [1.54, 1.807) is 0 Å². The molecule has 0 aromatic carbocycles. The number of hydrogen-bond donors (Lipinski definition) is 2. The predicted molar refractivity (Wildman–Crippen MR) is 42.4 cm³/mol. The van der Waals surface area contributed by atoms with Crippen molar-refractivity contribution < 1.29 is 10.1 Å². The largest absolute Gasteiger partial charge is 0.327 e. The topological polar surface area (TPSA) is 53.7 Å². The van der Waals surface area contributed by atoms with E-state index in [-0.39, 0.29) is 17.6 Å². The second kappa shape index (κ2) is 3.34. The van der Waals surface area contributed by atoms with Gasteiger partial charge in [-0.1, -0.05) is 0 Å². The van der Waals surface area contributed by atoms with Crippen molar-refractivity contribution in [3.63, 3.8) is 0 Å². The van der Waals surface area contributed by atoms with Crippen LogP contribution in [0.25, 0.3) is 0 Å². The number of alkyl halides is 1. The molecule has 1 unspecified atom stereocenters. The van der Waals surface area contributed by atoms with Crippen molar-refractivity contribution in [3.8, 4) is 0 Å². The third kappa shape index (κ3) is 1.45. The average molecular weight is 178 g/mol. The van der Waals surface area contributed by atoms with Gasteiger partial charge in [0, 0.05) is 24.1 Å². The first-order valence-corrected chi connectivity index (χ1v) is 3.92. The van der Waals surface area contributed by atoms with Crippen LogP contribution in [0, 0.1) is 5.92 Å². The Labute approximate surface area is 69.7 Å².